The van der Waals surface area contributed by atoms with Crippen molar-refractivity contribution in [3.05, 3.63) is 28.5 Å². The molecule has 0 aliphatic rings. The Bertz CT molecular complexity index is 483. The zero-order valence-electron chi connectivity index (χ0n) is 10.6. The molecule has 0 unspecified atom stereocenters. The number of nitrogens with zero attached hydrogens (tertiary/aromatic N) is 3. The van der Waals surface area contributed by atoms with Gasteiger partial charge in [0.2, 0.25) is 0 Å². The third-order valence-corrected chi connectivity index (χ3v) is 3.18. The molecule has 18 heavy (non-hydrogen) atoms. The average Bonchev–Trinajstić information content (AvgIpc) is 2.89. The minimum atomic E-state index is 0.689. The van der Waals surface area contributed by atoms with Gasteiger partial charge < -0.3 is 10.6 Å². The van der Waals surface area contributed by atoms with Crippen molar-refractivity contribution >= 4 is 23.0 Å². The SMILES string of the molecule is CCCNc1ncnc(NCc2cscn2)c1C. The van der Waals surface area contributed by atoms with Gasteiger partial charge in [-0.05, 0) is 13.3 Å². The lowest BCUT2D eigenvalue weighted by Gasteiger charge is -2.11. The molecule has 0 saturated heterocycles. The molecule has 0 saturated carbocycles. The lowest BCUT2D eigenvalue weighted by Crippen LogP contribution is -2.09. The Morgan fingerprint density at radius 3 is 2.61 bits per heavy atom. The van der Waals surface area contributed by atoms with Crippen LogP contribution in [0.2, 0.25) is 0 Å². The molecule has 0 aliphatic carbocycles. The summed E-state index contributed by atoms with van der Waals surface area (Å²) in [6.45, 7) is 5.75. The quantitative estimate of drug-likeness (QED) is 0.839. The summed E-state index contributed by atoms with van der Waals surface area (Å²) in [5, 5.41) is 8.60. The van der Waals surface area contributed by atoms with E-state index in [1.165, 1.54) is 0 Å². The van der Waals surface area contributed by atoms with Crippen LogP contribution in [0.25, 0.3) is 0 Å². The van der Waals surface area contributed by atoms with Gasteiger partial charge in [0, 0.05) is 17.5 Å². The van der Waals surface area contributed by atoms with E-state index in [1.54, 1.807) is 17.7 Å². The van der Waals surface area contributed by atoms with Gasteiger partial charge in [0.1, 0.15) is 18.0 Å². The standard InChI is InChI=1S/C12H17N5S/c1-3-4-13-11-9(2)12(16-7-15-11)14-5-10-6-18-8-17-10/h6-8H,3-5H2,1-2H3,(H2,13,14,15,16). The molecular weight excluding hydrogens is 246 g/mol. The van der Waals surface area contributed by atoms with E-state index in [0.717, 1.165) is 35.9 Å². The van der Waals surface area contributed by atoms with E-state index >= 15 is 0 Å². The van der Waals surface area contributed by atoms with Crippen molar-refractivity contribution in [1.29, 1.82) is 0 Å². The lowest BCUT2D eigenvalue weighted by molar-refractivity contribution is 0.955. The van der Waals surface area contributed by atoms with Gasteiger partial charge in [-0.3, -0.25) is 0 Å². The molecule has 0 radical (unpaired) electrons. The van der Waals surface area contributed by atoms with E-state index < -0.39 is 0 Å². The van der Waals surface area contributed by atoms with Crippen LogP contribution in [0.1, 0.15) is 24.6 Å². The Morgan fingerprint density at radius 2 is 1.94 bits per heavy atom. The summed E-state index contributed by atoms with van der Waals surface area (Å²) >= 11 is 1.60. The monoisotopic (exact) mass is 263 g/mol. The number of aromatic nitrogens is 3. The molecule has 2 N–H and O–H groups in total. The topological polar surface area (TPSA) is 62.7 Å². The fraction of sp³-hybridized carbons (Fsp3) is 0.417. The van der Waals surface area contributed by atoms with Crippen molar-refractivity contribution in [2.24, 2.45) is 0 Å². The van der Waals surface area contributed by atoms with E-state index in [9.17, 15) is 0 Å². The number of rotatable bonds is 6. The fourth-order valence-corrected chi connectivity index (χ4v) is 2.11. The molecule has 0 amide bonds. The van der Waals surface area contributed by atoms with Crippen LogP contribution in [0.4, 0.5) is 11.6 Å². The molecular formula is C12H17N5S. The van der Waals surface area contributed by atoms with E-state index in [-0.39, 0.29) is 0 Å². The number of hydrogen-bond donors (Lipinski definition) is 2. The molecule has 0 spiro atoms. The summed E-state index contributed by atoms with van der Waals surface area (Å²) in [5.41, 5.74) is 3.90. The molecule has 0 atom stereocenters. The summed E-state index contributed by atoms with van der Waals surface area (Å²) in [6, 6.07) is 0. The Kier molecular flexibility index (Phi) is 4.46. The summed E-state index contributed by atoms with van der Waals surface area (Å²) in [5.74, 6) is 1.75. The summed E-state index contributed by atoms with van der Waals surface area (Å²) in [4.78, 5) is 12.7. The highest BCUT2D eigenvalue weighted by atomic mass is 32.1. The molecule has 5 nitrogen and oxygen atoms in total. The smallest absolute Gasteiger partial charge is 0.134 e. The van der Waals surface area contributed by atoms with Crippen LogP contribution in [0.5, 0.6) is 0 Å². The molecule has 0 aliphatic heterocycles. The highest BCUT2D eigenvalue weighted by molar-refractivity contribution is 7.07. The second-order valence-corrected chi connectivity index (χ2v) is 4.67. The number of hydrogen-bond acceptors (Lipinski definition) is 6. The molecule has 2 aromatic heterocycles. The van der Waals surface area contributed by atoms with Gasteiger partial charge in [-0.2, -0.15) is 0 Å². The number of anilines is 2. The second-order valence-electron chi connectivity index (χ2n) is 3.96. The van der Waals surface area contributed by atoms with E-state index in [4.69, 9.17) is 0 Å². The number of nitrogens with one attached hydrogen (secondary N) is 2. The van der Waals surface area contributed by atoms with E-state index in [2.05, 4.69) is 32.5 Å². The van der Waals surface area contributed by atoms with Gasteiger partial charge in [-0.1, -0.05) is 6.92 Å². The molecule has 0 aromatic carbocycles. The zero-order chi connectivity index (χ0) is 12.8. The molecule has 2 rings (SSSR count). The van der Waals surface area contributed by atoms with Crippen LogP contribution in [0.3, 0.4) is 0 Å². The third-order valence-electron chi connectivity index (χ3n) is 2.55. The van der Waals surface area contributed by atoms with Crippen LogP contribution < -0.4 is 10.6 Å². The number of thiazole rings is 1. The van der Waals surface area contributed by atoms with Crippen molar-refractivity contribution in [2.75, 3.05) is 17.2 Å². The Morgan fingerprint density at radius 1 is 1.17 bits per heavy atom. The fourth-order valence-electron chi connectivity index (χ4n) is 1.55. The maximum absolute atomic E-state index is 4.26. The Balaban J connectivity index is 2.03. The van der Waals surface area contributed by atoms with Crippen molar-refractivity contribution in [3.8, 4) is 0 Å². The Labute approximate surface area is 111 Å². The lowest BCUT2D eigenvalue weighted by atomic mass is 10.3. The van der Waals surface area contributed by atoms with Gasteiger partial charge in [-0.25, -0.2) is 15.0 Å². The van der Waals surface area contributed by atoms with Gasteiger partial charge in [0.25, 0.3) is 0 Å². The van der Waals surface area contributed by atoms with Crippen LogP contribution in [-0.2, 0) is 6.54 Å². The summed E-state index contributed by atoms with van der Waals surface area (Å²) in [7, 11) is 0. The summed E-state index contributed by atoms with van der Waals surface area (Å²) in [6.07, 6.45) is 2.65. The second kappa shape index (κ2) is 6.30. The Hall–Kier alpha value is -1.69. The molecule has 2 aromatic rings. The first-order chi connectivity index (χ1) is 8.81. The van der Waals surface area contributed by atoms with Crippen LogP contribution in [0, 0.1) is 6.92 Å². The van der Waals surface area contributed by atoms with Gasteiger partial charge >= 0.3 is 0 Å². The van der Waals surface area contributed by atoms with Crippen LogP contribution in [-0.4, -0.2) is 21.5 Å². The first kappa shape index (κ1) is 12.8. The zero-order valence-corrected chi connectivity index (χ0v) is 11.4. The molecule has 2 heterocycles. The van der Waals surface area contributed by atoms with Crippen LogP contribution in [0.15, 0.2) is 17.2 Å². The van der Waals surface area contributed by atoms with Crippen molar-refractivity contribution < 1.29 is 0 Å². The highest BCUT2D eigenvalue weighted by Gasteiger charge is 2.06. The van der Waals surface area contributed by atoms with Gasteiger partial charge in [-0.15, -0.1) is 11.3 Å². The first-order valence-corrected chi connectivity index (χ1v) is 6.92. The molecule has 96 valence electrons. The van der Waals surface area contributed by atoms with Gasteiger partial charge in [0.15, 0.2) is 0 Å². The first-order valence-electron chi connectivity index (χ1n) is 5.97. The van der Waals surface area contributed by atoms with Crippen molar-refractivity contribution in [1.82, 2.24) is 15.0 Å². The molecule has 0 bridgehead atoms. The van der Waals surface area contributed by atoms with Crippen molar-refractivity contribution in [3.63, 3.8) is 0 Å². The van der Waals surface area contributed by atoms with E-state index in [1.807, 2.05) is 17.8 Å². The average molecular weight is 263 g/mol. The summed E-state index contributed by atoms with van der Waals surface area (Å²) < 4.78 is 0. The van der Waals surface area contributed by atoms with Crippen molar-refractivity contribution in [2.45, 2.75) is 26.8 Å². The minimum Gasteiger partial charge on any atom is -0.370 e. The largest absolute Gasteiger partial charge is 0.370 e. The highest BCUT2D eigenvalue weighted by Crippen LogP contribution is 2.18. The normalized spacial score (nSPS) is 10.3. The van der Waals surface area contributed by atoms with Gasteiger partial charge in [0.05, 0.1) is 17.7 Å². The predicted molar refractivity (Wildman–Crippen MR) is 75.0 cm³/mol. The maximum Gasteiger partial charge on any atom is 0.134 e. The maximum atomic E-state index is 4.26. The molecule has 0 fully saturated rings. The van der Waals surface area contributed by atoms with Crippen LogP contribution >= 0.6 is 11.3 Å². The molecule has 6 heteroatoms. The minimum absolute atomic E-state index is 0.689. The van der Waals surface area contributed by atoms with E-state index in [0.29, 0.717) is 6.54 Å². The predicted octanol–water partition coefficient (Wildman–Crippen LogP) is 2.68. The third kappa shape index (κ3) is 3.16.